The molecule has 4 rings (SSSR count). The van der Waals surface area contributed by atoms with Crippen LogP contribution in [0.2, 0.25) is 0 Å². The van der Waals surface area contributed by atoms with E-state index < -0.39 is 25.0 Å². The highest BCUT2D eigenvalue weighted by molar-refractivity contribution is 6.08. The lowest BCUT2D eigenvalue weighted by atomic mass is 9.85. The highest BCUT2D eigenvalue weighted by Gasteiger charge is 2.59. The Balaban J connectivity index is 1.32. The number of rotatable bonds is 7. The third kappa shape index (κ3) is 3.42. The van der Waals surface area contributed by atoms with Crippen molar-refractivity contribution in [1.82, 2.24) is 4.90 Å². The van der Waals surface area contributed by atoms with Crippen LogP contribution in [0.5, 0.6) is 0 Å². The maximum atomic E-state index is 12.6. The van der Waals surface area contributed by atoms with E-state index in [-0.39, 0.29) is 35.5 Å². The van der Waals surface area contributed by atoms with Crippen LogP contribution in [0.4, 0.5) is 5.69 Å². The predicted octanol–water partition coefficient (Wildman–Crippen LogP) is 2.10. The van der Waals surface area contributed by atoms with Crippen LogP contribution in [0, 0.1) is 23.7 Å². The Morgan fingerprint density at radius 2 is 1.60 bits per heavy atom. The molecule has 7 heteroatoms. The van der Waals surface area contributed by atoms with Crippen LogP contribution in [0.15, 0.2) is 30.4 Å². The fraction of sp³-hybridized carbons (Fsp3) is 0.478. The number of aryl methyl sites for hydroxylation is 2. The maximum absolute atomic E-state index is 12.6. The van der Waals surface area contributed by atoms with E-state index in [0.717, 1.165) is 41.0 Å². The number of hydrogen-bond acceptors (Lipinski definition) is 5. The number of nitrogens with one attached hydrogen (secondary N) is 1. The molecule has 0 aromatic heterocycles. The van der Waals surface area contributed by atoms with Gasteiger partial charge >= 0.3 is 5.97 Å². The number of ether oxygens (including phenoxy) is 1. The van der Waals surface area contributed by atoms with Crippen molar-refractivity contribution in [1.29, 1.82) is 0 Å². The summed E-state index contributed by atoms with van der Waals surface area (Å²) >= 11 is 0. The predicted molar refractivity (Wildman–Crippen MR) is 109 cm³/mol. The first kappa shape index (κ1) is 20.3. The summed E-state index contributed by atoms with van der Waals surface area (Å²) in [6.45, 7) is 3.11. The summed E-state index contributed by atoms with van der Waals surface area (Å²) in [6, 6.07) is 5.85. The summed E-state index contributed by atoms with van der Waals surface area (Å²) in [5.41, 5.74) is 2.78. The van der Waals surface area contributed by atoms with Gasteiger partial charge in [0.15, 0.2) is 6.61 Å². The van der Waals surface area contributed by atoms with E-state index in [9.17, 15) is 19.2 Å². The van der Waals surface area contributed by atoms with Crippen LogP contribution < -0.4 is 5.32 Å². The fourth-order valence-electron chi connectivity index (χ4n) is 5.02. The number of benzene rings is 1. The molecule has 3 amide bonds. The van der Waals surface area contributed by atoms with Crippen LogP contribution in [-0.4, -0.2) is 41.7 Å². The molecule has 0 unspecified atom stereocenters. The second-order valence-corrected chi connectivity index (χ2v) is 8.13. The number of nitrogens with zero attached hydrogens (tertiary/aromatic N) is 1. The summed E-state index contributed by atoms with van der Waals surface area (Å²) in [5.74, 6) is -2.31. The largest absolute Gasteiger partial charge is 0.454 e. The number of likely N-dealkylation sites (tertiary alicyclic amines) is 1. The summed E-state index contributed by atoms with van der Waals surface area (Å²) in [7, 11) is 0. The highest BCUT2D eigenvalue weighted by atomic mass is 16.5. The number of hydrogen-bond donors (Lipinski definition) is 1. The van der Waals surface area contributed by atoms with Crippen molar-refractivity contribution in [2.45, 2.75) is 33.1 Å². The van der Waals surface area contributed by atoms with Gasteiger partial charge in [0, 0.05) is 5.69 Å². The molecule has 4 atom stereocenters. The quantitative estimate of drug-likeness (QED) is 0.422. The molecule has 0 spiro atoms. The van der Waals surface area contributed by atoms with Crippen molar-refractivity contribution in [3.8, 4) is 0 Å². The number of imide groups is 1. The Bertz CT molecular complexity index is 885. The van der Waals surface area contributed by atoms with E-state index in [4.69, 9.17) is 4.74 Å². The minimum absolute atomic E-state index is 0.0923. The van der Waals surface area contributed by atoms with Crippen molar-refractivity contribution in [2.24, 2.45) is 23.7 Å². The van der Waals surface area contributed by atoms with Crippen LogP contribution in [0.25, 0.3) is 0 Å². The molecule has 1 saturated heterocycles. The molecule has 1 saturated carbocycles. The van der Waals surface area contributed by atoms with Crippen molar-refractivity contribution in [3.05, 3.63) is 41.5 Å². The monoisotopic (exact) mass is 410 g/mol. The van der Waals surface area contributed by atoms with Crippen molar-refractivity contribution >= 4 is 29.4 Å². The number of anilines is 1. The molecule has 0 radical (unpaired) electrons. The Hall–Kier alpha value is -2.96. The van der Waals surface area contributed by atoms with Gasteiger partial charge in [-0.25, -0.2) is 0 Å². The highest BCUT2D eigenvalue weighted by Crippen LogP contribution is 2.52. The van der Waals surface area contributed by atoms with Gasteiger partial charge < -0.3 is 10.1 Å². The molecular formula is C23H26N2O5. The van der Waals surface area contributed by atoms with E-state index in [0.29, 0.717) is 0 Å². The van der Waals surface area contributed by atoms with Crippen molar-refractivity contribution < 1.29 is 23.9 Å². The molecule has 158 valence electrons. The second-order valence-electron chi connectivity index (χ2n) is 8.13. The van der Waals surface area contributed by atoms with Gasteiger partial charge in [-0.1, -0.05) is 44.2 Å². The molecule has 2 fully saturated rings. The van der Waals surface area contributed by atoms with Crippen LogP contribution >= 0.6 is 0 Å². The lowest BCUT2D eigenvalue weighted by Crippen LogP contribution is -2.38. The van der Waals surface area contributed by atoms with Crippen molar-refractivity contribution in [3.63, 3.8) is 0 Å². The first-order chi connectivity index (χ1) is 14.4. The first-order valence-electron chi connectivity index (χ1n) is 10.5. The number of para-hydroxylation sites is 1. The number of allylic oxidation sites excluding steroid dienone is 2. The van der Waals surface area contributed by atoms with E-state index in [1.807, 2.05) is 44.2 Å². The molecule has 7 nitrogen and oxygen atoms in total. The van der Waals surface area contributed by atoms with Crippen LogP contribution in [0.1, 0.15) is 31.4 Å². The molecule has 2 bridgehead atoms. The summed E-state index contributed by atoms with van der Waals surface area (Å²) in [5, 5.41) is 2.83. The van der Waals surface area contributed by atoms with Gasteiger partial charge in [-0.2, -0.15) is 0 Å². The zero-order chi connectivity index (χ0) is 21.4. The van der Waals surface area contributed by atoms with Crippen LogP contribution in [-0.2, 0) is 36.8 Å². The molecule has 1 heterocycles. The van der Waals surface area contributed by atoms with Crippen LogP contribution in [0.3, 0.4) is 0 Å². The first-order valence-corrected chi connectivity index (χ1v) is 10.5. The maximum Gasteiger partial charge on any atom is 0.326 e. The van der Waals surface area contributed by atoms with Gasteiger partial charge in [0.2, 0.25) is 11.8 Å². The second kappa shape index (κ2) is 8.05. The van der Waals surface area contributed by atoms with E-state index >= 15 is 0 Å². The standard InChI is InChI=1S/C23H26N2O5/c1-3-13-6-5-7-14(4-2)21(13)24-17(26)12-30-18(27)11-25-22(28)19-15-8-9-16(10-15)20(19)23(25)29/h5-9,15-16,19-20H,3-4,10-12H2,1-2H3,(H,24,26)/t15-,16-,19+,20+/m0/s1. The third-order valence-corrected chi connectivity index (χ3v) is 6.48. The zero-order valence-electron chi connectivity index (χ0n) is 17.2. The topological polar surface area (TPSA) is 92.8 Å². The Labute approximate surface area is 175 Å². The number of amides is 3. The minimum atomic E-state index is -0.758. The third-order valence-electron chi connectivity index (χ3n) is 6.48. The molecular weight excluding hydrogens is 384 g/mol. The van der Waals surface area contributed by atoms with Crippen molar-refractivity contribution in [2.75, 3.05) is 18.5 Å². The SMILES string of the molecule is CCc1cccc(CC)c1NC(=O)COC(=O)CN1C(=O)[C@H]2[C@H](C1=O)[C@H]1C=C[C@H]2C1. The molecule has 1 N–H and O–H groups in total. The van der Waals surface area contributed by atoms with Gasteiger partial charge in [0.05, 0.1) is 11.8 Å². The van der Waals surface area contributed by atoms with Gasteiger partial charge in [0.1, 0.15) is 6.54 Å². The normalized spacial score (nSPS) is 26.3. The Morgan fingerprint density at radius 3 is 2.13 bits per heavy atom. The molecule has 1 aliphatic heterocycles. The number of carbonyl (C=O) groups is 4. The average molecular weight is 410 g/mol. The van der Waals surface area contributed by atoms with Gasteiger partial charge in [-0.05, 0) is 42.2 Å². The number of esters is 1. The summed E-state index contributed by atoms with van der Waals surface area (Å²) in [6.07, 6.45) is 6.37. The molecule has 1 aromatic rings. The molecule has 3 aliphatic rings. The zero-order valence-corrected chi connectivity index (χ0v) is 17.2. The summed E-state index contributed by atoms with van der Waals surface area (Å²) < 4.78 is 5.06. The average Bonchev–Trinajstić information content (AvgIpc) is 3.42. The molecule has 1 aromatic carbocycles. The lowest BCUT2D eigenvalue weighted by molar-refractivity contribution is -0.154. The molecule has 2 aliphatic carbocycles. The number of fused-ring (bicyclic) bond motifs is 5. The molecule has 30 heavy (non-hydrogen) atoms. The van der Waals surface area contributed by atoms with Gasteiger partial charge in [-0.15, -0.1) is 0 Å². The fourth-order valence-corrected chi connectivity index (χ4v) is 5.02. The summed E-state index contributed by atoms with van der Waals surface area (Å²) in [4.78, 5) is 50.8. The minimum Gasteiger partial charge on any atom is -0.454 e. The van der Waals surface area contributed by atoms with Gasteiger partial charge in [-0.3, -0.25) is 24.1 Å². The van der Waals surface area contributed by atoms with Gasteiger partial charge in [0.25, 0.3) is 5.91 Å². The Kier molecular flexibility index (Phi) is 5.45. The Morgan fingerprint density at radius 1 is 1.03 bits per heavy atom. The van der Waals surface area contributed by atoms with E-state index in [2.05, 4.69) is 5.32 Å². The smallest absolute Gasteiger partial charge is 0.326 e. The number of carbonyl (C=O) groups excluding carboxylic acids is 4. The van der Waals surface area contributed by atoms with E-state index in [1.54, 1.807) is 0 Å². The lowest BCUT2D eigenvalue weighted by Gasteiger charge is -2.17. The van der Waals surface area contributed by atoms with E-state index in [1.165, 1.54) is 0 Å².